The molecule has 0 saturated carbocycles. The molecule has 3 rings (SSSR count). The van der Waals surface area contributed by atoms with Crippen molar-refractivity contribution in [3.63, 3.8) is 0 Å². The van der Waals surface area contributed by atoms with Crippen molar-refractivity contribution >= 4 is 33.5 Å². The quantitative estimate of drug-likeness (QED) is 0.792. The molecular formula is C17H17N3O4S. The van der Waals surface area contributed by atoms with E-state index in [4.69, 9.17) is 0 Å². The number of carbonyl (C=O) groups is 2. The normalized spacial score (nSPS) is 17.2. The van der Waals surface area contributed by atoms with Crippen molar-refractivity contribution in [2.75, 3.05) is 16.6 Å². The van der Waals surface area contributed by atoms with Crippen LogP contribution in [0.1, 0.15) is 18.0 Å². The van der Waals surface area contributed by atoms with Gasteiger partial charge >= 0.3 is 0 Å². The fraction of sp³-hybridized carbons (Fsp3) is 0.176. The molecule has 1 saturated heterocycles. The average molecular weight is 359 g/mol. The zero-order valence-electron chi connectivity index (χ0n) is 13.5. The van der Waals surface area contributed by atoms with Gasteiger partial charge in [0.15, 0.2) is 9.84 Å². The molecule has 7 nitrogen and oxygen atoms in total. The predicted octanol–water partition coefficient (Wildman–Crippen LogP) is 1.64. The number of nitrogens with zero attached hydrogens (tertiary/aromatic N) is 1. The number of rotatable bonds is 5. The Labute approximate surface area is 145 Å². The van der Waals surface area contributed by atoms with Gasteiger partial charge in [-0.1, -0.05) is 18.2 Å². The summed E-state index contributed by atoms with van der Waals surface area (Å²) < 4.78 is 23.5. The molecule has 2 amide bonds. The highest BCUT2D eigenvalue weighted by molar-refractivity contribution is 7.90. The molecule has 0 bridgehead atoms. The summed E-state index contributed by atoms with van der Waals surface area (Å²) in [7, 11) is -3.34. The van der Waals surface area contributed by atoms with Gasteiger partial charge in [0.2, 0.25) is 12.3 Å². The van der Waals surface area contributed by atoms with E-state index in [1.165, 1.54) is 12.1 Å². The number of sulfone groups is 1. The van der Waals surface area contributed by atoms with E-state index in [-0.39, 0.29) is 23.3 Å². The Morgan fingerprint density at radius 3 is 2.56 bits per heavy atom. The van der Waals surface area contributed by atoms with Crippen LogP contribution in [0.4, 0.5) is 11.4 Å². The Hall–Kier alpha value is -2.87. The molecule has 1 aliphatic heterocycles. The third kappa shape index (κ3) is 3.63. The summed E-state index contributed by atoms with van der Waals surface area (Å²) in [5.74, 6) is -0.148. The molecule has 1 unspecified atom stereocenters. The molecule has 25 heavy (non-hydrogen) atoms. The Kier molecular flexibility index (Phi) is 4.45. The summed E-state index contributed by atoms with van der Waals surface area (Å²) in [5.41, 5.74) is 4.89. The minimum absolute atomic E-state index is 0.148. The number of amides is 2. The molecule has 1 heterocycles. The van der Waals surface area contributed by atoms with E-state index in [1.807, 2.05) is 12.1 Å². The second-order valence-electron chi connectivity index (χ2n) is 5.78. The van der Waals surface area contributed by atoms with E-state index in [2.05, 4.69) is 10.7 Å². The Morgan fingerprint density at radius 1 is 1.20 bits per heavy atom. The monoisotopic (exact) mass is 359 g/mol. The first kappa shape index (κ1) is 17.0. The Morgan fingerprint density at radius 2 is 1.92 bits per heavy atom. The first-order chi connectivity index (χ1) is 11.9. The maximum Gasteiger partial charge on any atom is 0.241 e. The lowest BCUT2D eigenvalue weighted by Crippen LogP contribution is -2.34. The molecular weight excluding hydrogens is 342 g/mol. The van der Waals surface area contributed by atoms with Crippen molar-refractivity contribution in [1.82, 2.24) is 5.43 Å². The van der Waals surface area contributed by atoms with E-state index in [1.54, 1.807) is 29.3 Å². The molecule has 130 valence electrons. The van der Waals surface area contributed by atoms with Crippen molar-refractivity contribution in [2.45, 2.75) is 17.4 Å². The van der Waals surface area contributed by atoms with E-state index < -0.39 is 9.84 Å². The largest absolute Gasteiger partial charge is 0.329 e. The molecule has 0 spiro atoms. The summed E-state index contributed by atoms with van der Waals surface area (Å²) in [6.07, 6.45) is 1.99. The van der Waals surface area contributed by atoms with Gasteiger partial charge in [-0.3, -0.25) is 20.0 Å². The van der Waals surface area contributed by atoms with Gasteiger partial charge in [0.25, 0.3) is 0 Å². The average Bonchev–Trinajstić information content (AvgIpc) is 2.97. The second kappa shape index (κ2) is 6.56. The SMILES string of the molecule is CS(=O)(=O)c1cccc(N2NC(=O)CC2c2ccc(NC=O)cc2)c1. The maximum absolute atomic E-state index is 11.9. The fourth-order valence-corrected chi connectivity index (χ4v) is 3.43. The van der Waals surface area contributed by atoms with E-state index in [9.17, 15) is 18.0 Å². The molecule has 8 heteroatoms. The standard InChI is InChI=1S/C17H17N3O4S/c1-25(23,24)15-4-2-3-14(9-15)20-16(10-17(22)19-20)12-5-7-13(8-6-12)18-11-21/h2-9,11,16H,10H2,1H3,(H,18,21)(H,19,22). The van der Waals surface area contributed by atoms with Gasteiger partial charge in [-0.15, -0.1) is 0 Å². The number of benzene rings is 2. The second-order valence-corrected chi connectivity index (χ2v) is 7.79. The fourth-order valence-electron chi connectivity index (χ4n) is 2.77. The van der Waals surface area contributed by atoms with Crippen molar-refractivity contribution in [3.8, 4) is 0 Å². The Balaban J connectivity index is 1.94. The summed E-state index contributed by atoms with van der Waals surface area (Å²) >= 11 is 0. The summed E-state index contributed by atoms with van der Waals surface area (Å²) in [6, 6.07) is 13.3. The maximum atomic E-state index is 11.9. The van der Waals surface area contributed by atoms with Crippen molar-refractivity contribution in [3.05, 3.63) is 54.1 Å². The molecule has 0 radical (unpaired) electrons. The molecule has 1 aliphatic rings. The highest BCUT2D eigenvalue weighted by Crippen LogP contribution is 2.33. The van der Waals surface area contributed by atoms with E-state index in [0.29, 0.717) is 17.8 Å². The van der Waals surface area contributed by atoms with Crippen LogP contribution in [0.5, 0.6) is 0 Å². The van der Waals surface area contributed by atoms with Crippen LogP contribution in [-0.2, 0) is 19.4 Å². The van der Waals surface area contributed by atoms with Crippen LogP contribution in [0.3, 0.4) is 0 Å². The van der Waals surface area contributed by atoms with Crippen LogP contribution in [0, 0.1) is 0 Å². The summed E-state index contributed by atoms with van der Waals surface area (Å²) in [4.78, 5) is 22.6. The van der Waals surface area contributed by atoms with Gasteiger partial charge in [-0.2, -0.15) is 0 Å². The third-order valence-corrected chi connectivity index (χ3v) is 5.09. The lowest BCUT2D eigenvalue weighted by Gasteiger charge is -2.26. The van der Waals surface area contributed by atoms with Gasteiger partial charge in [0.05, 0.1) is 23.0 Å². The van der Waals surface area contributed by atoms with Crippen molar-refractivity contribution < 1.29 is 18.0 Å². The smallest absolute Gasteiger partial charge is 0.241 e. The van der Waals surface area contributed by atoms with Gasteiger partial charge in [0, 0.05) is 11.9 Å². The van der Waals surface area contributed by atoms with Gasteiger partial charge < -0.3 is 5.32 Å². The third-order valence-electron chi connectivity index (χ3n) is 3.98. The highest BCUT2D eigenvalue weighted by Gasteiger charge is 2.32. The lowest BCUT2D eigenvalue weighted by molar-refractivity contribution is -0.119. The van der Waals surface area contributed by atoms with Gasteiger partial charge in [-0.25, -0.2) is 8.42 Å². The Bertz CT molecular complexity index is 910. The minimum Gasteiger partial charge on any atom is -0.329 e. The zero-order chi connectivity index (χ0) is 18.0. The van der Waals surface area contributed by atoms with Crippen LogP contribution in [0.15, 0.2) is 53.4 Å². The lowest BCUT2D eigenvalue weighted by atomic mass is 10.0. The first-order valence-electron chi connectivity index (χ1n) is 7.57. The molecule has 0 aromatic heterocycles. The topological polar surface area (TPSA) is 95.6 Å². The first-order valence-corrected chi connectivity index (χ1v) is 9.46. The molecule has 2 N–H and O–H groups in total. The van der Waals surface area contributed by atoms with Gasteiger partial charge in [-0.05, 0) is 35.9 Å². The number of nitrogens with one attached hydrogen (secondary N) is 2. The van der Waals surface area contributed by atoms with E-state index in [0.717, 1.165) is 11.8 Å². The van der Waals surface area contributed by atoms with Crippen molar-refractivity contribution in [1.29, 1.82) is 0 Å². The van der Waals surface area contributed by atoms with Gasteiger partial charge in [0.1, 0.15) is 0 Å². The molecule has 1 atom stereocenters. The number of hydrogen-bond acceptors (Lipinski definition) is 5. The highest BCUT2D eigenvalue weighted by atomic mass is 32.2. The van der Waals surface area contributed by atoms with Crippen LogP contribution in [0.25, 0.3) is 0 Å². The molecule has 2 aromatic carbocycles. The van der Waals surface area contributed by atoms with Crippen LogP contribution in [0.2, 0.25) is 0 Å². The van der Waals surface area contributed by atoms with Crippen LogP contribution < -0.4 is 15.8 Å². The number of anilines is 2. The molecule has 1 fully saturated rings. The minimum atomic E-state index is -3.34. The summed E-state index contributed by atoms with van der Waals surface area (Å²) in [5, 5.41) is 4.22. The predicted molar refractivity (Wildman–Crippen MR) is 93.7 cm³/mol. The molecule has 2 aromatic rings. The number of carbonyl (C=O) groups excluding carboxylic acids is 2. The van der Waals surface area contributed by atoms with Crippen LogP contribution in [-0.4, -0.2) is 27.0 Å². The summed E-state index contributed by atoms with van der Waals surface area (Å²) in [6.45, 7) is 0. The van der Waals surface area contributed by atoms with E-state index >= 15 is 0 Å². The van der Waals surface area contributed by atoms with Crippen molar-refractivity contribution in [2.24, 2.45) is 0 Å². The van der Waals surface area contributed by atoms with Crippen LogP contribution >= 0.6 is 0 Å². The number of hydrazine groups is 1. The zero-order valence-corrected chi connectivity index (χ0v) is 14.3. The number of hydrogen-bond donors (Lipinski definition) is 2. The molecule has 0 aliphatic carbocycles.